The molecule has 2 aromatic rings. The maximum absolute atomic E-state index is 5.44. The highest BCUT2D eigenvalue weighted by molar-refractivity contribution is 5.75. The fourth-order valence-corrected chi connectivity index (χ4v) is 1.92. The van der Waals surface area contributed by atoms with Gasteiger partial charge in [0.15, 0.2) is 0 Å². The molecule has 1 aromatic heterocycles. The number of aromatic nitrogens is 2. The summed E-state index contributed by atoms with van der Waals surface area (Å²) >= 11 is 0. The summed E-state index contributed by atoms with van der Waals surface area (Å²) in [5.74, 6) is 0.971. The summed E-state index contributed by atoms with van der Waals surface area (Å²) in [6, 6.07) is 6.40. The second kappa shape index (κ2) is 5.80. The fraction of sp³-hybridized carbons (Fsp3) is 0.462. The zero-order chi connectivity index (χ0) is 12.1. The van der Waals surface area contributed by atoms with Crippen molar-refractivity contribution in [2.24, 2.45) is 5.73 Å². The van der Waals surface area contributed by atoms with Crippen molar-refractivity contribution in [2.45, 2.75) is 19.8 Å². The van der Waals surface area contributed by atoms with Gasteiger partial charge in [0.25, 0.3) is 0 Å². The molecule has 1 aromatic carbocycles. The van der Waals surface area contributed by atoms with E-state index in [1.165, 1.54) is 5.56 Å². The van der Waals surface area contributed by atoms with Crippen LogP contribution in [0.25, 0.3) is 11.0 Å². The largest absolute Gasteiger partial charge is 0.342 e. The number of nitrogens with two attached hydrogens (primary N) is 1. The molecule has 0 radical (unpaired) electrons. The molecule has 0 atom stereocenters. The lowest BCUT2D eigenvalue weighted by Crippen LogP contribution is -2.20. The van der Waals surface area contributed by atoms with E-state index >= 15 is 0 Å². The molecule has 0 saturated carbocycles. The number of nitrogens with zero attached hydrogens (tertiary/aromatic N) is 1. The number of rotatable bonds is 6. The van der Waals surface area contributed by atoms with Crippen molar-refractivity contribution >= 4 is 11.0 Å². The van der Waals surface area contributed by atoms with Crippen LogP contribution in [0.1, 0.15) is 17.8 Å². The van der Waals surface area contributed by atoms with Crippen LogP contribution in [-0.2, 0) is 6.42 Å². The van der Waals surface area contributed by atoms with Crippen LogP contribution in [0, 0.1) is 6.92 Å². The summed E-state index contributed by atoms with van der Waals surface area (Å²) in [6.07, 6.45) is 2.08. The predicted octanol–water partition coefficient (Wildman–Crippen LogP) is 1.35. The van der Waals surface area contributed by atoms with Crippen molar-refractivity contribution in [3.05, 3.63) is 29.6 Å². The first-order valence-corrected chi connectivity index (χ1v) is 6.15. The van der Waals surface area contributed by atoms with Crippen LogP contribution >= 0.6 is 0 Å². The minimum Gasteiger partial charge on any atom is -0.342 e. The Hall–Kier alpha value is -1.39. The summed E-state index contributed by atoms with van der Waals surface area (Å²) in [5, 5.41) is 3.38. The van der Waals surface area contributed by atoms with Crippen molar-refractivity contribution in [3.63, 3.8) is 0 Å². The molecule has 0 amide bonds. The third kappa shape index (κ3) is 3.28. The summed E-state index contributed by atoms with van der Waals surface area (Å²) in [7, 11) is 0. The molecule has 17 heavy (non-hydrogen) atoms. The average molecular weight is 232 g/mol. The van der Waals surface area contributed by atoms with Gasteiger partial charge in [-0.2, -0.15) is 0 Å². The van der Waals surface area contributed by atoms with Crippen LogP contribution in [-0.4, -0.2) is 29.6 Å². The van der Waals surface area contributed by atoms with Crippen molar-refractivity contribution in [2.75, 3.05) is 19.6 Å². The van der Waals surface area contributed by atoms with Crippen LogP contribution in [0.15, 0.2) is 18.2 Å². The van der Waals surface area contributed by atoms with Crippen LogP contribution in [0.2, 0.25) is 0 Å². The maximum Gasteiger partial charge on any atom is 0.104 e. The van der Waals surface area contributed by atoms with Gasteiger partial charge in [-0.3, -0.25) is 0 Å². The van der Waals surface area contributed by atoms with Crippen LogP contribution < -0.4 is 11.1 Å². The van der Waals surface area contributed by atoms with Crippen LogP contribution in [0.4, 0.5) is 0 Å². The molecule has 0 aliphatic heterocycles. The number of aryl methyl sites for hydroxylation is 1. The van der Waals surface area contributed by atoms with Gasteiger partial charge in [-0.05, 0) is 57.1 Å². The third-order valence-corrected chi connectivity index (χ3v) is 2.81. The van der Waals surface area contributed by atoms with Crippen LogP contribution in [0.3, 0.4) is 0 Å². The van der Waals surface area contributed by atoms with Crippen molar-refractivity contribution in [1.29, 1.82) is 0 Å². The number of H-pyrrole nitrogens is 1. The molecule has 92 valence electrons. The highest BCUT2D eigenvalue weighted by Crippen LogP contribution is 2.13. The van der Waals surface area contributed by atoms with Gasteiger partial charge in [0.05, 0.1) is 11.0 Å². The van der Waals surface area contributed by atoms with Gasteiger partial charge in [-0.1, -0.05) is 6.07 Å². The van der Waals surface area contributed by atoms with E-state index in [2.05, 4.69) is 33.5 Å². The molecule has 0 spiro atoms. The van der Waals surface area contributed by atoms with E-state index in [0.717, 1.165) is 49.3 Å². The monoisotopic (exact) mass is 232 g/mol. The molecule has 0 saturated heterocycles. The Kier molecular flexibility index (Phi) is 4.12. The molecule has 0 bridgehead atoms. The van der Waals surface area contributed by atoms with E-state index in [0.29, 0.717) is 0 Å². The Morgan fingerprint density at radius 1 is 1.35 bits per heavy atom. The number of nitrogens with one attached hydrogen (secondary N) is 2. The summed E-state index contributed by atoms with van der Waals surface area (Å²) in [4.78, 5) is 7.65. The first-order chi connectivity index (χ1) is 8.29. The highest BCUT2D eigenvalue weighted by Gasteiger charge is 2.00. The topological polar surface area (TPSA) is 66.7 Å². The smallest absolute Gasteiger partial charge is 0.104 e. The molecule has 1 heterocycles. The average Bonchev–Trinajstić information content (AvgIpc) is 2.68. The standard InChI is InChI=1S/C13H20N4/c1-10-16-12-4-3-11(9-13(12)17-10)5-8-15-7-2-6-14/h3-4,9,15H,2,5-8,14H2,1H3,(H,16,17). The number of fused-ring (bicyclic) bond motifs is 1. The van der Waals surface area contributed by atoms with E-state index in [-0.39, 0.29) is 0 Å². The molecule has 4 heteroatoms. The predicted molar refractivity (Wildman–Crippen MR) is 71.1 cm³/mol. The number of aromatic amines is 1. The lowest BCUT2D eigenvalue weighted by Gasteiger charge is -2.03. The number of hydrogen-bond acceptors (Lipinski definition) is 3. The number of imidazole rings is 1. The maximum atomic E-state index is 5.44. The first kappa shape index (κ1) is 12.1. The van der Waals surface area contributed by atoms with Crippen molar-refractivity contribution in [1.82, 2.24) is 15.3 Å². The molecule has 0 aliphatic rings. The minimum atomic E-state index is 0.756. The van der Waals surface area contributed by atoms with Crippen molar-refractivity contribution in [3.8, 4) is 0 Å². The Morgan fingerprint density at radius 3 is 3.06 bits per heavy atom. The second-order valence-electron chi connectivity index (χ2n) is 4.32. The molecule has 0 aliphatic carbocycles. The third-order valence-electron chi connectivity index (χ3n) is 2.81. The summed E-state index contributed by atoms with van der Waals surface area (Å²) < 4.78 is 0. The second-order valence-corrected chi connectivity index (χ2v) is 4.32. The normalized spacial score (nSPS) is 11.2. The summed E-state index contributed by atoms with van der Waals surface area (Å²) in [6.45, 7) is 4.74. The van der Waals surface area contributed by atoms with Gasteiger partial charge in [0.2, 0.25) is 0 Å². The lowest BCUT2D eigenvalue weighted by molar-refractivity contribution is 0.653. The molecule has 4 nitrogen and oxygen atoms in total. The Morgan fingerprint density at radius 2 is 2.24 bits per heavy atom. The first-order valence-electron chi connectivity index (χ1n) is 6.15. The van der Waals surface area contributed by atoms with Gasteiger partial charge in [-0.25, -0.2) is 4.98 Å². The van der Waals surface area contributed by atoms with Gasteiger partial charge in [-0.15, -0.1) is 0 Å². The molecule has 4 N–H and O–H groups in total. The van der Waals surface area contributed by atoms with E-state index in [4.69, 9.17) is 5.73 Å². The summed E-state index contributed by atoms with van der Waals surface area (Å²) in [5.41, 5.74) is 8.94. The Bertz CT molecular complexity index is 475. The molecule has 2 rings (SSSR count). The minimum absolute atomic E-state index is 0.756. The fourth-order valence-electron chi connectivity index (χ4n) is 1.92. The SMILES string of the molecule is Cc1nc2ccc(CCNCCCN)cc2[nH]1. The van der Waals surface area contributed by atoms with Gasteiger partial charge in [0, 0.05) is 0 Å². The molecule has 0 unspecified atom stereocenters. The number of benzene rings is 1. The van der Waals surface area contributed by atoms with E-state index in [9.17, 15) is 0 Å². The van der Waals surface area contributed by atoms with E-state index in [1.807, 2.05) is 6.92 Å². The highest BCUT2D eigenvalue weighted by atomic mass is 14.9. The Labute approximate surface area is 102 Å². The van der Waals surface area contributed by atoms with Crippen molar-refractivity contribution < 1.29 is 0 Å². The quantitative estimate of drug-likeness (QED) is 0.659. The Balaban J connectivity index is 1.90. The zero-order valence-electron chi connectivity index (χ0n) is 10.3. The molecule has 0 fully saturated rings. The van der Waals surface area contributed by atoms with E-state index in [1.54, 1.807) is 0 Å². The number of hydrogen-bond donors (Lipinski definition) is 3. The zero-order valence-corrected chi connectivity index (χ0v) is 10.3. The lowest BCUT2D eigenvalue weighted by atomic mass is 10.1. The van der Waals surface area contributed by atoms with Gasteiger partial charge < -0.3 is 16.0 Å². The van der Waals surface area contributed by atoms with Gasteiger partial charge in [0.1, 0.15) is 5.82 Å². The van der Waals surface area contributed by atoms with Crippen LogP contribution in [0.5, 0.6) is 0 Å². The molecular weight excluding hydrogens is 212 g/mol. The van der Waals surface area contributed by atoms with E-state index < -0.39 is 0 Å². The molecular formula is C13H20N4. The van der Waals surface area contributed by atoms with Gasteiger partial charge >= 0.3 is 0 Å².